The third kappa shape index (κ3) is 3.36. The van der Waals surface area contributed by atoms with Crippen LogP contribution in [-0.4, -0.2) is 17.0 Å². The average Bonchev–Trinajstić information content (AvgIpc) is 2.77. The largest absolute Gasteiger partial charge is 0.309 e. The van der Waals surface area contributed by atoms with Crippen molar-refractivity contribution < 1.29 is 0 Å². The van der Waals surface area contributed by atoms with E-state index in [1.165, 1.54) is 18.6 Å². The monoisotopic (exact) mass is 303 g/mol. The molecule has 0 bridgehead atoms. The van der Waals surface area contributed by atoms with E-state index in [1.807, 2.05) is 18.2 Å². The van der Waals surface area contributed by atoms with E-state index in [0.717, 1.165) is 12.1 Å². The van der Waals surface area contributed by atoms with Crippen LogP contribution in [0.15, 0.2) is 18.2 Å². The molecule has 1 aliphatic heterocycles. The Morgan fingerprint density at radius 1 is 1.44 bits per heavy atom. The van der Waals surface area contributed by atoms with Crippen LogP contribution < -0.4 is 5.32 Å². The Bertz CT molecular complexity index is 416. The number of halogens is 2. The summed E-state index contributed by atoms with van der Waals surface area (Å²) in [5.74, 6) is 1.28. The maximum Gasteiger partial charge on any atom is 0.0639 e. The lowest BCUT2D eigenvalue weighted by Crippen LogP contribution is -2.34. The number of hydrogen-bond acceptors (Lipinski definition) is 2. The fourth-order valence-corrected chi connectivity index (χ4v) is 4.04. The minimum absolute atomic E-state index is 0.231. The number of benzene rings is 1. The highest BCUT2D eigenvalue weighted by atomic mass is 35.5. The highest BCUT2D eigenvalue weighted by molar-refractivity contribution is 8.00. The molecule has 1 aliphatic rings. The van der Waals surface area contributed by atoms with E-state index in [0.29, 0.717) is 14.8 Å². The van der Waals surface area contributed by atoms with Crippen LogP contribution in [0.3, 0.4) is 0 Å². The van der Waals surface area contributed by atoms with Crippen molar-refractivity contribution in [2.24, 2.45) is 0 Å². The first-order valence-corrected chi connectivity index (χ1v) is 8.07. The van der Waals surface area contributed by atoms with Crippen LogP contribution in [-0.2, 0) is 0 Å². The van der Waals surface area contributed by atoms with Gasteiger partial charge in [-0.1, -0.05) is 35.3 Å². The molecular weight excluding hydrogens is 285 g/mol. The molecule has 0 radical (unpaired) electrons. The second-order valence-electron chi connectivity index (χ2n) is 5.15. The number of rotatable bonds is 4. The van der Waals surface area contributed by atoms with Crippen LogP contribution in [0.4, 0.5) is 0 Å². The summed E-state index contributed by atoms with van der Waals surface area (Å²) < 4.78 is 0.374. The number of hydrogen-bond donors (Lipinski definition) is 1. The van der Waals surface area contributed by atoms with Gasteiger partial charge in [-0.15, -0.1) is 0 Å². The van der Waals surface area contributed by atoms with Crippen LogP contribution in [0.2, 0.25) is 10.0 Å². The van der Waals surface area contributed by atoms with E-state index in [9.17, 15) is 0 Å². The molecule has 0 aliphatic carbocycles. The van der Waals surface area contributed by atoms with Gasteiger partial charge in [0.25, 0.3) is 0 Å². The molecule has 100 valence electrons. The highest BCUT2D eigenvalue weighted by Crippen LogP contribution is 2.38. The molecule has 0 saturated carbocycles. The Morgan fingerprint density at radius 2 is 2.22 bits per heavy atom. The third-order valence-corrected chi connectivity index (χ3v) is 5.90. The quantitative estimate of drug-likeness (QED) is 0.846. The Kier molecular flexibility index (Phi) is 4.87. The molecule has 2 rings (SSSR count). The van der Waals surface area contributed by atoms with Crippen LogP contribution in [0.25, 0.3) is 0 Å². The van der Waals surface area contributed by atoms with Gasteiger partial charge in [-0.2, -0.15) is 11.8 Å². The zero-order valence-electron chi connectivity index (χ0n) is 10.8. The van der Waals surface area contributed by atoms with E-state index in [2.05, 4.69) is 30.9 Å². The normalized spacial score (nSPS) is 25.3. The Hall–Kier alpha value is 0.110. The minimum atomic E-state index is 0.231. The Balaban J connectivity index is 1.99. The van der Waals surface area contributed by atoms with Gasteiger partial charge in [0.2, 0.25) is 0 Å². The van der Waals surface area contributed by atoms with Gasteiger partial charge in [0.1, 0.15) is 0 Å². The lowest BCUT2D eigenvalue weighted by Gasteiger charge is -2.26. The van der Waals surface area contributed by atoms with E-state index in [1.54, 1.807) is 0 Å². The summed E-state index contributed by atoms with van der Waals surface area (Å²) in [6.45, 7) is 5.49. The van der Waals surface area contributed by atoms with Gasteiger partial charge in [-0.3, -0.25) is 0 Å². The topological polar surface area (TPSA) is 12.0 Å². The van der Waals surface area contributed by atoms with Crippen molar-refractivity contribution in [2.45, 2.75) is 37.5 Å². The predicted molar refractivity (Wildman–Crippen MR) is 83.0 cm³/mol. The fraction of sp³-hybridized carbons (Fsp3) is 0.571. The molecule has 1 saturated heterocycles. The van der Waals surface area contributed by atoms with Crippen molar-refractivity contribution in [3.63, 3.8) is 0 Å². The molecule has 2 atom stereocenters. The van der Waals surface area contributed by atoms with Crippen LogP contribution in [0, 0.1) is 0 Å². The van der Waals surface area contributed by atoms with Gasteiger partial charge >= 0.3 is 0 Å². The molecule has 1 N–H and O–H groups in total. The van der Waals surface area contributed by atoms with Crippen molar-refractivity contribution in [1.29, 1.82) is 0 Å². The van der Waals surface area contributed by atoms with Gasteiger partial charge in [0.05, 0.1) is 10.0 Å². The fourth-order valence-electron chi connectivity index (χ4n) is 2.31. The number of thioether (sulfide) groups is 1. The van der Waals surface area contributed by atoms with Crippen molar-refractivity contribution >= 4 is 35.0 Å². The molecule has 2 unspecified atom stereocenters. The molecule has 0 amide bonds. The second-order valence-corrected chi connectivity index (χ2v) is 7.62. The van der Waals surface area contributed by atoms with Gasteiger partial charge in [0.15, 0.2) is 0 Å². The summed E-state index contributed by atoms with van der Waals surface area (Å²) in [4.78, 5) is 0. The third-order valence-electron chi connectivity index (χ3n) is 3.53. The highest BCUT2D eigenvalue weighted by Gasteiger charge is 2.29. The predicted octanol–water partition coefficient (Wildman–Crippen LogP) is 4.93. The summed E-state index contributed by atoms with van der Waals surface area (Å²) in [5, 5.41) is 4.88. The minimum Gasteiger partial charge on any atom is -0.309 e. The van der Waals surface area contributed by atoms with Crippen molar-refractivity contribution in [2.75, 3.05) is 12.3 Å². The summed E-state index contributed by atoms with van der Waals surface area (Å²) in [5.41, 5.74) is 1.08. The van der Waals surface area contributed by atoms with E-state index in [4.69, 9.17) is 23.2 Å². The molecule has 1 nitrogen and oxygen atoms in total. The molecule has 18 heavy (non-hydrogen) atoms. The number of nitrogens with one attached hydrogen (secondary N) is 1. The zero-order valence-corrected chi connectivity index (χ0v) is 13.1. The molecule has 0 aromatic heterocycles. The second kappa shape index (κ2) is 6.04. The van der Waals surface area contributed by atoms with Gasteiger partial charge < -0.3 is 5.32 Å². The maximum atomic E-state index is 6.24. The first-order valence-electron chi connectivity index (χ1n) is 6.33. The first-order chi connectivity index (χ1) is 8.52. The zero-order chi connectivity index (χ0) is 13.2. The lowest BCUT2D eigenvalue weighted by atomic mass is 10.0. The average molecular weight is 304 g/mol. The van der Waals surface area contributed by atoms with Crippen molar-refractivity contribution in [1.82, 2.24) is 5.32 Å². The molecule has 1 heterocycles. The standard InChI is InChI=1S/C14H19Cl2NS/c1-10(11-5-3-6-12(15)13(11)16)17-9-14(2)7-4-8-18-14/h3,5-6,10,17H,4,7-9H2,1-2H3. The lowest BCUT2D eigenvalue weighted by molar-refractivity contribution is 0.490. The maximum absolute atomic E-state index is 6.24. The Morgan fingerprint density at radius 3 is 2.89 bits per heavy atom. The van der Waals surface area contributed by atoms with E-state index in [-0.39, 0.29) is 6.04 Å². The van der Waals surface area contributed by atoms with Crippen molar-refractivity contribution in [3.05, 3.63) is 33.8 Å². The van der Waals surface area contributed by atoms with Gasteiger partial charge in [0, 0.05) is 17.3 Å². The summed E-state index contributed by atoms with van der Waals surface area (Å²) in [6.07, 6.45) is 2.62. The van der Waals surface area contributed by atoms with Gasteiger partial charge in [-0.05, 0) is 44.1 Å². The first kappa shape index (κ1) is 14.5. The van der Waals surface area contributed by atoms with Gasteiger partial charge in [-0.25, -0.2) is 0 Å². The van der Waals surface area contributed by atoms with Crippen LogP contribution in [0.1, 0.15) is 38.3 Å². The molecule has 1 fully saturated rings. The van der Waals surface area contributed by atoms with Crippen molar-refractivity contribution in [3.8, 4) is 0 Å². The molecule has 4 heteroatoms. The van der Waals surface area contributed by atoms with E-state index >= 15 is 0 Å². The summed E-state index contributed by atoms with van der Waals surface area (Å²) in [7, 11) is 0. The smallest absolute Gasteiger partial charge is 0.0639 e. The molecule has 1 aromatic carbocycles. The van der Waals surface area contributed by atoms with E-state index < -0.39 is 0 Å². The molecule has 0 spiro atoms. The van der Waals surface area contributed by atoms with Crippen LogP contribution >= 0.6 is 35.0 Å². The van der Waals surface area contributed by atoms with Crippen LogP contribution in [0.5, 0.6) is 0 Å². The SMILES string of the molecule is CC(NCC1(C)CCCS1)c1cccc(Cl)c1Cl. The summed E-state index contributed by atoms with van der Waals surface area (Å²) in [6, 6.07) is 6.05. The summed E-state index contributed by atoms with van der Waals surface area (Å²) >= 11 is 14.4. The molecular formula is C14H19Cl2NS. The Labute approximate surface area is 124 Å². The molecule has 1 aromatic rings.